The summed E-state index contributed by atoms with van der Waals surface area (Å²) in [6.45, 7) is 7.65. The molecule has 0 radical (unpaired) electrons. The maximum atomic E-state index is 5.24. The largest absolute Gasteiger partial charge is 0.363 e. The Balaban J connectivity index is 2.18. The molecule has 0 aromatic carbocycles. The minimum atomic E-state index is 0.177. The Labute approximate surface area is 92.8 Å². The van der Waals surface area contributed by atoms with Crippen molar-refractivity contribution in [1.82, 2.24) is 10.6 Å². The number of rotatable bonds is 5. The molecule has 1 rings (SSSR count). The fourth-order valence-electron chi connectivity index (χ4n) is 1.62. The predicted molar refractivity (Wildman–Crippen MR) is 65.4 cm³/mol. The molecule has 3 heteroatoms. The molecular formula is C11H22N2S. The van der Waals surface area contributed by atoms with Crippen LogP contribution in [0.1, 0.15) is 46.5 Å². The lowest BCUT2D eigenvalue weighted by atomic mass is 9.99. The van der Waals surface area contributed by atoms with Gasteiger partial charge in [-0.1, -0.05) is 13.3 Å². The lowest BCUT2D eigenvalue weighted by molar-refractivity contribution is 0.399. The molecule has 0 unspecified atom stereocenters. The fourth-order valence-corrected chi connectivity index (χ4v) is 1.99. The van der Waals surface area contributed by atoms with Gasteiger partial charge in [0.05, 0.1) is 0 Å². The van der Waals surface area contributed by atoms with Crippen LogP contribution >= 0.6 is 12.2 Å². The van der Waals surface area contributed by atoms with Crippen LogP contribution in [0.3, 0.4) is 0 Å². The van der Waals surface area contributed by atoms with E-state index in [1.165, 1.54) is 25.7 Å². The van der Waals surface area contributed by atoms with E-state index in [2.05, 4.69) is 31.4 Å². The first-order chi connectivity index (χ1) is 6.56. The van der Waals surface area contributed by atoms with E-state index < -0.39 is 0 Å². The number of hydrogen-bond donors (Lipinski definition) is 2. The highest BCUT2D eigenvalue weighted by Crippen LogP contribution is 2.39. The third-order valence-corrected chi connectivity index (χ3v) is 3.10. The lowest BCUT2D eigenvalue weighted by Gasteiger charge is -2.28. The van der Waals surface area contributed by atoms with Crippen molar-refractivity contribution >= 4 is 17.3 Å². The van der Waals surface area contributed by atoms with E-state index in [0.29, 0.717) is 0 Å². The van der Waals surface area contributed by atoms with Crippen molar-refractivity contribution in [2.75, 3.05) is 6.54 Å². The minimum absolute atomic E-state index is 0.177. The summed E-state index contributed by atoms with van der Waals surface area (Å²) in [5.74, 6) is 0.813. The van der Waals surface area contributed by atoms with E-state index >= 15 is 0 Å². The third kappa shape index (κ3) is 3.82. The van der Waals surface area contributed by atoms with Crippen LogP contribution in [0.25, 0.3) is 0 Å². The van der Waals surface area contributed by atoms with Crippen LogP contribution in [0.4, 0.5) is 0 Å². The van der Waals surface area contributed by atoms with Crippen LogP contribution in [0.15, 0.2) is 0 Å². The Hall–Kier alpha value is -0.310. The van der Waals surface area contributed by atoms with Gasteiger partial charge in [0.1, 0.15) is 0 Å². The topological polar surface area (TPSA) is 24.1 Å². The van der Waals surface area contributed by atoms with Gasteiger partial charge in [0, 0.05) is 12.1 Å². The van der Waals surface area contributed by atoms with Crippen molar-refractivity contribution in [1.29, 1.82) is 0 Å². The summed E-state index contributed by atoms with van der Waals surface area (Å²) in [7, 11) is 0. The zero-order valence-corrected chi connectivity index (χ0v) is 10.3. The van der Waals surface area contributed by atoms with Gasteiger partial charge in [0.25, 0.3) is 0 Å². The molecule has 0 atom stereocenters. The van der Waals surface area contributed by atoms with Crippen molar-refractivity contribution in [3.63, 3.8) is 0 Å². The number of unbranched alkanes of at least 4 members (excludes halogenated alkanes) is 1. The summed E-state index contributed by atoms with van der Waals surface area (Å²) in [5, 5.41) is 7.46. The predicted octanol–water partition coefficient (Wildman–Crippen LogP) is 2.44. The summed E-state index contributed by atoms with van der Waals surface area (Å²) in [5.41, 5.74) is 0.177. The average molecular weight is 214 g/mol. The molecule has 2 N–H and O–H groups in total. The van der Waals surface area contributed by atoms with Crippen LogP contribution in [0.5, 0.6) is 0 Å². The van der Waals surface area contributed by atoms with Gasteiger partial charge >= 0.3 is 0 Å². The van der Waals surface area contributed by atoms with Crippen molar-refractivity contribution in [3.8, 4) is 0 Å². The van der Waals surface area contributed by atoms with E-state index in [1.54, 1.807) is 0 Å². The van der Waals surface area contributed by atoms with Crippen LogP contribution in [0, 0.1) is 5.92 Å². The molecule has 1 aliphatic carbocycles. The van der Waals surface area contributed by atoms with Crippen LogP contribution < -0.4 is 10.6 Å². The molecule has 0 aliphatic heterocycles. The Morgan fingerprint density at radius 3 is 2.57 bits per heavy atom. The second-order valence-electron chi connectivity index (χ2n) is 4.73. The van der Waals surface area contributed by atoms with Gasteiger partial charge in [-0.25, -0.2) is 0 Å². The summed E-state index contributed by atoms with van der Waals surface area (Å²) in [6.07, 6.45) is 5.09. The van der Waals surface area contributed by atoms with Gasteiger partial charge in [-0.2, -0.15) is 0 Å². The Kier molecular flexibility index (Phi) is 4.17. The summed E-state index contributed by atoms with van der Waals surface area (Å²) in [6, 6.07) is 0. The average Bonchev–Trinajstić information content (AvgIpc) is 2.85. The molecule has 2 nitrogen and oxygen atoms in total. The van der Waals surface area contributed by atoms with Crippen molar-refractivity contribution < 1.29 is 0 Å². The summed E-state index contributed by atoms with van der Waals surface area (Å²) < 4.78 is 0. The zero-order valence-electron chi connectivity index (χ0n) is 9.52. The quantitative estimate of drug-likeness (QED) is 0.543. The Morgan fingerprint density at radius 2 is 2.07 bits per heavy atom. The van der Waals surface area contributed by atoms with E-state index in [1.807, 2.05) is 0 Å². The van der Waals surface area contributed by atoms with Gasteiger partial charge in [-0.3, -0.25) is 0 Å². The van der Waals surface area contributed by atoms with E-state index in [0.717, 1.165) is 17.6 Å². The normalized spacial score (nSPS) is 16.5. The number of hydrogen-bond acceptors (Lipinski definition) is 1. The van der Waals surface area contributed by atoms with E-state index in [-0.39, 0.29) is 5.54 Å². The Bertz CT molecular complexity index is 197. The van der Waals surface area contributed by atoms with Crippen LogP contribution in [0.2, 0.25) is 0 Å². The van der Waals surface area contributed by atoms with E-state index in [4.69, 9.17) is 12.2 Å². The highest BCUT2D eigenvalue weighted by atomic mass is 32.1. The van der Waals surface area contributed by atoms with Gasteiger partial charge in [0.15, 0.2) is 5.11 Å². The maximum absolute atomic E-state index is 5.24. The molecular weight excluding hydrogens is 192 g/mol. The third-order valence-electron chi connectivity index (χ3n) is 2.85. The first-order valence-electron chi connectivity index (χ1n) is 5.62. The van der Waals surface area contributed by atoms with Crippen molar-refractivity contribution in [2.24, 2.45) is 5.92 Å². The standard InChI is InChI=1S/C11H22N2S/c1-4-5-8-12-10(14)13-11(2,3)9-6-7-9/h9H,4-8H2,1-3H3,(H2,12,13,14). The van der Waals surface area contributed by atoms with Gasteiger partial charge in [-0.05, 0) is 51.2 Å². The van der Waals surface area contributed by atoms with Crippen molar-refractivity contribution in [3.05, 3.63) is 0 Å². The van der Waals surface area contributed by atoms with E-state index in [9.17, 15) is 0 Å². The molecule has 0 amide bonds. The second kappa shape index (κ2) is 4.96. The minimum Gasteiger partial charge on any atom is -0.363 e. The zero-order chi connectivity index (χ0) is 10.6. The van der Waals surface area contributed by atoms with Crippen molar-refractivity contribution in [2.45, 2.75) is 52.0 Å². The molecule has 0 saturated heterocycles. The highest BCUT2D eigenvalue weighted by molar-refractivity contribution is 7.80. The van der Waals surface area contributed by atoms with Gasteiger partial charge < -0.3 is 10.6 Å². The van der Waals surface area contributed by atoms with Gasteiger partial charge in [-0.15, -0.1) is 0 Å². The molecule has 0 aromatic rings. The molecule has 14 heavy (non-hydrogen) atoms. The number of nitrogens with one attached hydrogen (secondary N) is 2. The molecule has 0 bridgehead atoms. The first-order valence-corrected chi connectivity index (χ1v) is 6.03. The highest BCUT2D eigenvalue weighted by Gasteiger charge is 2.37. The molecule has 0 heterocycles. The van der Waals surface area contributed by atoms with Crippen LogP contribution in [-0.2, 0) is 0 Å². The SMILES string of the molecule is CCCCNC(=S)NC(C)(C)C1CC1. The molecule has 82 valence electrons. The fraction of sp³-hybridized carbons (Fsp3) is 0.909. The Morgan fingerprint density at radius 1 is 1.43 bits per heavy atom. The maximum Gasteiger partial charge on any atom is 0.166 e. The molecule has 1 saturated carbocycles. The van der Waals surface area contributed by atoms with Gasteiger partial charge in [0.2, 0.25) is 0 Å². The molecule has 0 spiro atoms. The lowest BCUT2D eigenvalue weighted by Crippen LogP contribution is -2.49. The molecule has 0 aromatic heterocycles. The monoisotopic (exact) mass is 214 g/mol. The molecule has 1 fully saturated rings. The smallest absolute Gasteiger partial charge is 0.166 e. The molecule has 1 aliphatic rings. The van der Waals surface area contributed by atoms with Crippen LogP contribution in [-0.4, -0.2) is 17.2 Å². The summed E-state index contributed by atoms with van der Waals surface area (Å²) >= 11 is 5.24. The number of thiocarbonyl (C=S) groups is 1. The summed E-state index contributed by atoms with van der Waals surface area (Å²) in [4.78, 5) is 0. The second-order valence-corrected chi connectivity index (χ2v) is 5.14. The first kappa shape index (κ1) is 11.8.